The fraction of sp³-hybridized carbons (Fsp3) is 0.300. The lowest BCUT2D eigenvalue weighted by molar-refractivity contribution is 0.565. The highest BCUT2D eigenvalue weighted by molar-refractivity contribution is 7.13. The Hall–Kier alpha value is -1.18. The van der Waals surface area contributed by atoms with Gasteiger partial charge in [0.2, 0.25) is 6.08 Å². The number of aryl methyl sites for hydroxylation is 1. The van der Waals surface area contributed by atoms with Gasteiger partial charge in [-0.1, -0.05) is 13.5 Å². The summed E-state index contributed by atoms with van der Waals surface area (Å²) in [7, 11) is 0. The number of isocyanates is 1. The Morgan fingerprint density at radius 1 is 1.77 bits per heavy atom. The second-order valence-electron chi connectivity index (χ2n) is 2.76. The Balaban J connectivity index is 3.18. The molecular formula is C10H11NOS. The van der Waals surface area contributed by atoms with Crippen molar-refractivity contribution in [1.29, 1.82) is 0 Å². The fourth-order valence-electron chi connectivity index (χ4n) is 1.03. The molecule has 0 aliphatic heterocycles. The van der Waals surface area contributed by atoms with Crippen LogP contribution in [0.1, 0.15) is 23.6 Å². The van der Waals surface area contributed by atoms with E-state index in [0.717, 1.165) is 27.4 Å². The molecule has 0 aliphatic rings. The minimum Gasteiger partial charge on any atom is -0.211 e. The molecule has 1 aromatic rings. The van der Waals surface area contributed by atoms with Gasteiger partial charge in [-0.05, 0) is 25.0 Å². The first-order valence-electron chi connectivity index (χ1n) is 4.05. The van der Waals surface area contributed by atoms with Crippen molar-refractivity contribution in [2.45, 2.75) is 20.3 Å². The number of rotatable bonds is 3. The third-order valence-corrected chi connectivity index (χ3v) is 3.12. The van der Waals surface area contributed by atoms with E-state index in [1.54, 1.807) is 17.4 Å². The summed E-state index contributed by atoms with van der Waals surface area (Å²) >= 11 is 1.64. The van der Waals surface area contributed by atoms with Crippen LogP contribution >= 0.6 is 11.3 Å². The lowest BCUT2D eigenvalue weighted by Crippen LogP contribution is -1.69. The summed E-state index contributed by atoms with van der Waals surface area (Å²) in [5, 5.41) is 0. The molecule has 68 valence electrons. The molecule has 0 unspecified atom stereocenters. The van der Waals surface area contributed by atoms with E-state index in [2.05, 4.69) is 11.6 Å². The lowest BCUT2D eigenvalue weighted by atomic mass is 10.2. The topological polar surface area (TPSA) is 29.4 Å². The van der Waals surface area contributed by atoms with Crippen LogP contribution < -0.4 is 0 Å². The van der Waals surface area contributed by atoms with Gasteiger partial charge in [-0.25, -0.2) is 4.79 Å². The Kier molecular flexibility index (Phi) is 3.18. The van der Waals surface area contributed by atoms with Gasteiger partial charge in [0.25, 0.3) is 0 Å². The molecule has 0 aromatic carbocycles. The van der Waals surface area contributed by atoms with E-state index in [0.29, 0.717) is 0 Å². The first kappa shape index (κ1) is 9.90. The van der Waals surface area contributed by atoms with Crippen molar-refractivity contribution in [3.63, 3.8) is 0 Å². The van der Waals surface area contributed by atoms with Crippen LogP contribution in [-0.2, 0) is 11.2 Å². The summed E-state index contributed by atoms with van der Waals surface area (Å²) in [6.45, 7) is 7.83. The third-order valence-electron chi connectivity index (χ3n) is 1.69. The standard InChI is InChI=1S/C10H11NOS/c1-4-9-8(11-6-12)5-10(13-9)7(2)3/h5H,2,4H2,1,3H3. The average Bonchev–Trinajstić information content (AvgIpc) is 2.48. The predicted octanol–water partition coefficient (Wildman–Crippen LogP) is 3.31. The van der Waals surface area contributed by atoms with Crippen LogP contribution in [0.2, 0.25) is 0 Å². The van der Waals surface area contributed by atoms with Crippen LogP contribution in [0.5, 0.6) is 0 Å². The molecule has 2 nitrogen and oxygen atoms in total. The molecule has 0 saturated carbocycles. The van der Waals surface area contributed by atoms with E-state index in [1.165, 1.54) is 0 Å². The van der Waals surface area contributed by atoms with Gasteiger partial charge < -0.3 is 0 Å². The number of allylic oxidation sites excluding steroid dienone is 1. The van der Waals surface area contributed by atoms with Crippen molar-refractivity contribution < 1.29 is 4.79 Å². The Bertz CT molecular complexity index is 372. The van der Waals surface area contributed by atoms with Crippen LogP contribution in [0.25, 0.3) is 5.57 Å². The second-order valence-corrected chi connectivity index (χ2v) is 3.89. The maximum atomic E-state index is 10.1. The predicted molar refractivity (Wildman–Crippen MR) is 56.2 cm³/mol. The number of nitrogens with zero attached hydrogens (tertiary/aromatic N) is 1. The zero-order valence-corrected chi connectivity index (χ0v) is 8.57. The first-order chi connectivity index (χ1) is 6.19. The van der Waals surface area contributed by atoms with Crippen molar-refractivity contribution in [3.05, 3.63) is 22.4 Å². The van der Waals surface area contributed by atoms with Crippen LogP contribution in [0, 0.1) is 0 Å². The van der Waals surface area contributed by atoms with Gasteiger partial charge in [-0.3, -0.25) is 0 Å². The molecule has 0 bridgehead atoms. The average molecular weight is 193 g/mol. The molecule has 0 N–H and O–H groups in total. The Morgan fingerprint density at radius 2 is 2.46 bits per heavy atom. The SMILES string of the molecule is C=C(C)c1cc(N=C=O)c(CC)s1. The zero-order valence-electron chi connectivity index (χ0n) is 7.76. The molecule has 0 radical (unpaired) electrons. The minimum atomic E-state index is 0.737. The lowest BCUT2D eigenvalue weighted by Gasteiger charge is -1.89. The summed E-state index contributed by atoms with van der Waals surface area (Å²) in [4.78, 5) is 16.0. The van der Waals surface area contributed by atoms with Crippen molar-refractivity contribution in [3.8, 4) is 0 Å². The minimum absolute atomic E-state index is 0.737. The van der Waals surface area contributed by atoms with E-state index in [-0.39, 0.29) is 0 Å². The maximum absolute atomic E-state index is 10.1. The molecule has 13 heavy (non-hydrogen) atoms. The molecule has 0 spiro atoms. The number of hydrogen-bond acceptors (Lipinski definition) is 3. The van der Waals surface area contributed by atoms with Crippen LogP contribution in [0.4, 0.5) is 5.69 Å². The number of thiophene rings is 1. The molecule has 0 aliphatic carbocycles. The maximum Gasteiger partial charge on any atom is 0.240 e. The summed E-state index contributed by atoms with van der Waals surface area (Å²) < 4.78 is 0. The first-order valence-corrected chi connectivity index (χ1v) is 4.87. The Labute approximate surface area is 81.6 Å². The van der Waals surface area contributed by atoms with E-state index in [1.807, 2.05) is 19.9 Å². The second kappa shape index (κ2) is 4.17. The van der Waals surface area contributed by atoms with Gasteiger partial charge in [-0.15, -0.1) is 11.3 Å². The molecule has 1 rings (SSSR count). The smallest absolute Gasteiger partial charge is 0.211 e. The van der Waals surface area contributed by atoms with Crippen molar-refractivity contribution >= 4 is 28.7 Å². The van der Waals surface area contributed by atoms with Gasteiger partial charge >= 0.3 is 0 Å². The van der Waals surface area contributed by atoms with E-state index < -0.39 is 0 Å². The van der Waals surface area contributed by atoms with Crippen LogP contribution in [-0.4, -0.2) is 6.08 Å². The highest BCUT2D eigenvalue weighted by Gasteiger charge is 2.06. The molecule has 3 heteroatoms. The van der Waals surface area contributed by atoms with E-state index in [9.17, 15) is 4.79 Å². The highest BCUT2D eigenvalue weighted by Crippen LogP contribution is 2.33. The van der Waals surface area contributed by atoms with Gasteiger partial charge in [0.05, 0.1) is 5.69 Å². The molecular weight excluding hydrogens is 182 g/mol. The number of aliphatic imine (C=N–C) groups is 1. The van der Waals surface area contributed by atoms with Crippen LogP contribution in [0.15, 0.2) is 17.6 Å². The molecule has 1 aromatic heterocycles. The summed E-state index contributed by atoms with van der Waals surface area (Å²) in [5.41, 5.74) is 1.74. The van der Waals surface area contributed by atoms with E-state index in [4.69, 9.17) is 0 Å². The number of hydrogen-bond donors (Lipinski definition) is 0. The molecule has 0 atom stereocenters. The third kappa shape index (κ3) is 2.14. The summed E-state index contributed by atoms with van der Waals surface area (Å²) in [5.74, 6) is 0. The Morgan fingerprint density at radius 3 is 2.92 bits per heavy atom. The van der Waals surface area contributed by atoms with Crippen molar-refractivity contribution in [1.82, 2.24) is 0 Å². The van der Waals surface area contributed by atoms with Crippen LogP contribution in [0.3, 0.4) is 0 Å². The summed E-state index contributed by atoms with van der Waals surface area (Å²) in [6.07, 6.45) is 2.45. The summed E-state index contributed by atoms with van der Waals surface area (Å²) in [6, 6.07) is 1.89. The molecule has 1 heterocycles. The van der Waals surface area contributed by atoms with E-state index >= 15 is 0 Å². The van der Waals surface area contributed by atoms with Gasteiger partial charge in [0.15, 0.2) is 0 Å². The van der Waals surface area contributed by atoms with Gasteiger partial charge in [0, 0.05) is 9.75 Å². The zero-order chi connectivity index (χ0) is 9.84. The largest absolute Gasteiger partial charge is 0.240 e. The monoisotopic (exact) mass is 193 g/mol. The van der Waals surface area contributed by atoms with Crippen molar-refractivity contribution in [2.75, 3.05) is 0 Å². The van der Waals surface area contributed by atoms with Gasteiger partial charge in [0.1, 0.15) is 0 Å². The highest BCUT2D eigenvalue weighted by atomic mass is 32.1. The molecule has 0 fully saturated rings. The van der Waals surface area contributed by atoms with Gasteiger partial charge in [-0.2, -0.15) is 4.99 Å². The molecule has 0 amide bonds. The quantitative estimate of drug-likeness (QED) is 0.535. The van der Waals surface area contributed by atoms with Crippen molar-refractivity contribution in [2.24, 2.45) is 4.99 Å². The fourth-order valence-corrected chi connectivity index (χ4v) is 1.99. The normalized spacial score (nSPS) is 9.38. The molecule has 0 saturated heterocycles. The number of carbonyl (C=O) groups excluding carboxylic acids is 1.